The Morgan fingerprint density at radius 3 is 1.97 bits per heavy atom. The summed E-state index contributed by atoms with van der Waals surface area (Å²) < 4.78 is 33.9. The van der Waals surface area contributed by atoms with Crippen LogP contribution in [0, 0.1) is 0 Å². The Kier molecular flexibility index (Phi) is 5.98. The fourth-order valence-electron chi connectivity index (χ4n) is 3.25. The van der Waals surface area contributed by atoms with Gasteiger partial charge in [0.15, 0.2) is 4.75 Å². The van der Waals surface area contributed by atoms with Crippen molar-refractivity contribution in [3.63, 3.8) is 0 Å². The summed E-state index contributed by atoms with van der Waals surface area (Å²) in [6, 6.07) is 11.3. The molecule has 5 nitrogen and oxygen atoms in total. The Morgan fingerprint density at radius 1 is 0.793 bits per heavy atom. The largest absolute Gasteiger partial charge is 0.508 e. The molecule has 152 valence electrons. The Balaban J connectivity index is 2.65. The highest BCUT2D eigenvalue weighted by atomic mass is 35.5. The van der Waals surface area contributed by atoms with Crippen molar-refractivity contribution in [1.82, 2.24) is 0 Å². The topological polar surface area (TPSA) is 94.8 Å². The second-order valence-corrected chi connectivity index (χ2v) is 9.36. The van der Waals surface area contributed by atoms with E-state index in [4.69, 9.17) is 46.4 Å². The van der Waals surface area contributed by atoms with Gasteiger partial charge in [0.25, 0.3) is 10.1 Å². The molecule has 1 atom stereocenters. The lowest BCUT2D eigenvalue weighted by Gasteiger charge is -2.34. The Morgan fingerprint density at radius 2 is 1.41 bits per heavy atom. The third-order valence-corrected chi connectivity index (χ3v) is 6.82. The molecule has 10 heteroatoms. The van der Waals surface area contributed by atoms with Gasteiger partial charge in [-0.15, -0.1) is 0 Å². The van der Waals surface area contributed by atoms with E-state index in [9.17, 15) is 23.2 Å². The van der Waals surface area contributed by atoms with Crippen molar-refractivity contribution in [2.45, 2.75) is 4.75 Å². The number of hydrogen-bond donors (Lipinski definition) is 3. The minimum atomic E-state index is -5.14. The molecule has 0 bridgehead atoms. The SMILES string of the molecule is O=S(=O)(O)C(c1cccc(O)c1)(c1cc(Cl)ccc1O)c1c(Cl)cc(Cl)cc1Cl. The Hall–Kier alpha value is -1.67. The zero-order valence-corrected chi connectivity index (χ0v) is 18.1. The first kappa shape index (κ1) is 22.0. The molecule has 0 spiro atoms. The highest BCUT2D eigenvalue weighted by Gasteiger charge is 2.52. The first-order valence-corrected chi connectivity index (χ1v) is 10.8. The summed E-state index contributed by atoms with van der Waals surface area (Å²) >= 11 is 24.7. The predicted octanol–water partition coefficient (Wildman–Crippen LogP) is 5.89. The molecular weight excluding hydrogens is 482 g/mol. The molecule has 3 aromatic rings. The van der Waals surface area contributed by atoms with Crippen molar-refractivity contribution in [2.24, 2.45) is 0 Å². The van der Waals surface area contributed by atoms with E-state index < -0.39 is 20.6 Å². The lowest BCUT2D eigenvalue weighted by atomic mass is 9.83. The van der Waals surface area contributed by atoms with Gasteiger partial charge in [-0.3, -0.25) is 4.55 Å². The van der Waals surface area contributed by atoms with Crippen molar-refractivity contribution in [1.29, 1.82) is 0 Å². The number of phenolic OH excluding ortho intramolecular Hbond substituents is 2. The monoisotopic (exact) mass is 492 g/mol. The molecule has 0 amide bonds. The average molecular weight is 494 g/mol. The molecule has 3 rings (SSSR count). The van der Waals surface area contributed by atoms with Crippen LogP contribution in [0.25, 0.3) is 0 Å². The minimum Gasteiger partial charge on any atom is -0.508 e. The van der Waals surface area contributed by atoms with Crippen molar-refractivity contribution in [3.05, 3.63) is 91.4 Å². The number of hydrogen-bond acceptors (Lipinski definition) is 4. The van der Waals surface area contributed by atoms with Crippen LogP contribution in [0.1, 0.15) is 16.7 Å². The van der Waals surface area contributed by atoms with Crippen molar-refractivity contribution >= 4 is 56.5 Å². The molecule has 0 aliphatic rings. The molecule has 0 radical (unpaired) electrons. The second-order valence-electron chi connectivity index (χ2n) is 6.11. The van der Waals surface area contributed by atoms with Gasteiger partial charge in [-0.25, -0.2) is 0 Å². The number of rotatable bonds is 4. The maximum atomic E-state index is 13.0. The van der Waals surface area contributed by atoms with E-state index in [0.717, 1.165) is 18.2 Å². The molecule has 3 N–H and O–H groups in total. The highest BCUT2D eigenvalue weighted by Crippen LogP contribution is 2.52. The molecule has 0 fully saturated rings. The zero-order valence-electron chi connectivity index (χ0n) is 14.3. The quantitative estimate of drug-likeness (QED) is 0.311. The van der Waals surface area contributed by atoms with E-state index in [1.165, 1.54) is 36.4 Å². The zero-order chi connectivity index (χ0) is 21.6. The van der Waals surface area contributed by atoms with Crippen LogP contribution in [0.15, 0.2) is 54.6 Å². The molecule has 3 aromatic carbocycles. The fourth-order valence-corrected chi connectivity index (χ4v) is 5.97. The summed E-state index contributed by atoms with van der Waals surface area (Å²) in [5.74, 6) is -0.796. The lowest BCUT2D eigenvalue weighted by molar-refractivity contribution is 0.439. The van der Waals surface area contributed by atoms with Gasteiger partial charge in [-0.1, -0.05) is 58.5 Å². The molecule has 0 aromatic heterocycles. The average Bonchev–Trinajstić information content (AvgIpc) is 2.59. The molecule has 1 unspecified atom stereocenters. The van der Waals surface area contributed by atoms with Crippen LogP contribution in [0.2, 0.25) is 20.1 Å². The van der Waals surface area contributed by atoms with Crippen LogP contribution < -0.4 is 0 Å². The van der Waals surface area contributed by atoms with E-state index in [0.29, 0.717) is 0 Å². The third kappa shape index (κ3) is 3.77. The van der Waals surface area contributed by atoms with E-state index in [1.807, 2.05) is 0 Å². The van der Waals surface area contributed by atoms with Gasteiger partial charge in [0.1, 0.15) is 11.5 Å². The van der Waals surface area contributed by atoms with E-state index in [1.54, 1.807) is 0 Å². The molecule has 0 saturated heterocycles. The highest BCUT2D eigenvalue weighted by molar-refractivity contribution is 7.87. The number of halogens is 4. The summed E-state index contributed by atoms with van der Waals surface area (Å²) in [4.78, 5) is 0. The second kappa shape index (κ2) is 7.87. The first-order chi connectivity index (χ1) is 13.5. The first-order valence-electron chi connectivity index (χ1n) is 7.89. The van der Waals surface area contributed by atoms with Gasteiger partial charge < -0.3 is 10.2 Å². The number of aromatic hydroxyl groups is 2. The van der Waals surface area contributed by atoms with Crippen LogP contribution in [0.5, 0.6) is 11.5 Å². The lowest BCUT2D eigenvalue weighted by Crippen LogP contribution is -2.39. The van der Waals surface area contributed by atoms with Crippen molar-refractivity contribution in [3.8, 4) is 11.5 Å². The van der Waals surface area contributed by atoms with Gasteiger partial charge in [-0.05, 0) is 48.0 Å². The van der Waals surface area contributed by atoms with Gasteiger partial charge in [0, 0.05) is 31.2 Å². The van der Waals surface area contributed by atoms with Crippen LogP contribution in [-0.2, 0) is 14.9 Å². The summed E-state index contributed by atoms with van der Waals surface area (Å²) in [5.41, 5.74) is -0.719. The van der Waals surface area contributed by atoms with E-state index >= 15 is 0 Å². The molecule has 0 aliphatic carbocycles. The Bertz CT molecular complexity index is 1190. The van der Waals surface area contributed by atoms with Gasteiger partial charge in [0.05, 0.1) is 0 Å². The normalized spacial score (nSPS) is 13.8. The van der Waals surface area contributed by atoms with Gasteiger partial charge in [-0.2, -0.15) is 8.42 Å². The smallest absolute Gasteiger partial charge is 0.283 e. The van der Waals surface area contributed by atoms with Crippen LogP contribution >= 0.6 is 46.4 Å². The fraction of sp³-hybridized carbons (Fsp3) is 0.0526. The third-order valence-electron chi connectivity index (χ3n) is 4.34. The van der Waals surface area contributed by atoms with E-state index in [2.05, 4.69) is 0 Å². The van der Waals surface area contributed by atoms with E-state index in [-0.39, 0.29) is 42.5 Å². The summed E-state index contributed by atoms with van der Waals surface area (Å²) in [6.45, 7) is 0. The Labute approximate surface area is 186 Å². The maximum absolute atomic E-state index is 13.0. The minimum absolute atomic E-state index is 0.0761. The van der Waals surface area contributed by atoms with Crippen LogP contribution in [0.3, 0.4) is 0 Å². The standard InChI is InChI=1S/C19H12Cl4O5S/c20-11-4-5-17(25)14(7-11)19(29(26,27)28,10-2-1-3-13(24)6-10)18-15(22)8-12(21)9-16(18)23/h1-9,24-25H,(H,26,27,28). The molecule has 0 aliphatic heterocycles. The number of benzene rings is 3. The molecule has 0 heterocycles. The van der Waals surface area contributed by atoms with Crippen molar-refractivity contribution in [2.75, 3.05) is 0 Å². The number of phenols is 2. The van der Waals surface area contributed by atoms with Gasteiger partial charge in [0.2, 0.25) is 0 Å². The maximum Gasteiger partial charge on any atom is 0.283 e. The summed E-state index contributed by atoms with van der Waals surface area (Å²) in [6.07, 6.45) is 0. The summed E-state index contributed by atoms with van der Waals surface area (Å²) in [5, 5.41) is 20.4. The van der Waals surface area contributed by atoms with Crippen LogP contribution in [0.4, 0.5) is 0 Å². The molecular formula is C19H12Cl4O5S. The predicted molar refractivity (Wildman–Crippen MR) is 114 cm³/mol. The molecule has 0 saturated carbocycles. The van der Waals surface area contributed by atoms with Crippen molar-refractivity contribution < 1.29 is 23.2 Å². The van der Waals surface area contributed by atoms with Crippen LogP contribution in [-0.4, -0.2) is 23.2 Å². The van der Waals surface area contributed by atoms with Gasteiger partial charge >= 0.3 is 0 Å². The summed E-state index contributed by atoms with van der Waals surface area (Å²) in [7, 11) is -5.14. The molecule has 29 heavy (non-hydrogen) atoms.